The Bertz CT molecular complexity index is 367. The number of aryl methyl sites for hydroxylation is 1. The van der Waals surface area contributed by atoms with Crippen LogP contribution >= 0.6 is 0 Å². The number of benzene rings is 1. The first-order valence-electron chi connectivity index (χ1n) is 7.18. The van der Waals surface area contributed by atoms with Crippen LogP contribution < -0.4 is 5.73 Å². The normalized spacial score (nSPS) is 25.9. The smallest absolute Gasteiger partial charge is 0.0254 e. The van der Waals surface area contributed by atoms with Crippen LogP contribution in [0.1, 0.15) is 44.2 Å². The first-order valence-corrected chi connectivity index (χ1v) is 7.18. The molecule has 0 spiro atoms. The van der Waals surface area contributed by atoms with Crippen molar-refractivity contribution in [2.45, 2.75) is 51.6 Å². The van der Waals surface area contributed by atoms with E-state index in [1.54, 1.807) is 0 Å². The standard InChI is InChI=1S/C16H26N2/c1-3-14-6-8-15(9-7-14)12-18-11-5-4-10-16(2,17)13-18/h6-9H,3-5,10-13,17H2,1-2H3. The van der Waals surface area contributed by atoms with Crippen LogP contribution in [0.2, 0.25) is 0 Å². The number of rotatable bonds is 3. The highest BCUT2D eigenvalue weighted by Crippen LogP contribution is 2.19. The molecular weight excluding hydrogens is 220 g/mol. The van der Waals surface area contributed by atoms with E-state index >= 15 is 0 Å². The zero-order valence-corrected chi connectivity index (χ0v) is 11.8. The summed E-state index contributed by atoms with van der Waals surface area (Å²) in [6.07, 6.45) is 4.81. The molecule has 100 valence electrons. The van der Waals surface area contributed by atoms with Crippen LogP contribution in [0.3, 0.4) is 0 Å². The summed E-state index contributed by atoms with van der Waals surface area (Å²) in [6.45, 7) is 7.62. The molecule has 2 rings (SSSR count). The largest absolute Gasteiger partial charge is 0.324 e. The van der Waals surface area contributed by atoms with E-state index in [-0.39, 0.29) is 5.54 Å². The fourth-order valence-electron chi connectivity index (χ4n) is 2.81. The first kappa shape index (κ1) is 13.6. The molecule has 1 aliphatic heterocycles. The summed E-state index contributed by atoms with van der Waals surface area (Å²) >= 11 is 0. The Morgan fingerprint density at radius 3 is 2.50 bits per heavy atom. The van der Waals surface area contributed by atoms with Gasteiger partial charge in [-0.15, -0.1) is 0 Å². The maximum atomic E-state index is 6.33. The number of hydrogen-bond donors (Lipinski definition) is 1. The van der Waals surface area contributed by atoms with E-state index in [1.807, 2.05) is 0 Å². The average molecular weight is 246 g/mol. The topological polar surface area (TPSA) is 29.3 Å². The van der Waals surface area contributed by atoms with Crippen molar-refractivity contribution < 1.29 is 0 Å². The van der Waals surface area contributed by atoms with Gasteiger partial charge < -0.3 is 5.73 Å². The second kappa shape index (κ2) is 5.85. The lowest BCUT2D eigenvalue weighted by Gasteiger charge is -2.29. The lowest BCUT2D eigenvalue weighted by Crippen LogP contribution is -2.46. The lowest BCUT2D eigenvalue weighted by atomic mass is 9.97. The van der Waals surface area contributed by atoms with Crippen molar-refractivity contribution in [2.75, 3.05) is 13.1 Å². The van der Waals surface area contributed by atoms with Crippen LogP contribution in [-0.4, -0.2) is 23.5 Å². The van der Waals surface area contributed by atoms with Gasteiger partial charge in [-0.3, -0.25) is 4.90 Å². The van der Waals surface area contributed by atoms with E-state index in [0.717, 1.165) is 25.9 Å². The highest BCUT2D eigenvalue weighted by molar-refractivity contribution is 5.22. The average Bonchev–Trinajstić information content (AvgIpc) is 2.51. The first-order chi connectivity index (χ1) is 8.59. The van der Waals surface area contributed by atoms with Gasteiger partial charge in [0.2, 0.25) is 0 Å². The van der Waals surface area contributed by atoms with Crippen LogP contribution in [0.15, 0.2) is 24.3 Å². The molecule has 0 aromatic heterocycles. The fraction of sp³-hybridized carbons (Fsp3) is 0.625. The van der Waals surface area contributed by atoms with E-state index in [9.17, 15) is 0 Å². The van der Waals surface area contributed by atoms with Crippen LogP contribution in [0.5, 0.6) is 0 Å². The predicted octanol–water partition coefficient (Wildman–Crippen LogP) is 2.95. The number of hydrogen-bond acceptors (Lipinski definition) is 2. The van der Waals surface area contributed by atoms with Crippen molar-refractivity contribution in [1.82, 2.24) is 4.90 Å². The Hall–Kier alpha value is -0.860. The van der Waals surface area contributed by atoms with E-state index < -0.39 is 0 Å². The minimum Gasteiger partial charge on any atom is -0.324 e. The Kier molecular flexibility index (Phi) is 4.41. The van der Waals surface area contributed by atoms with Gasteiger partial charge in [-0.1, -0.05) is 37.6 Å². The summed E-state index contributed by atoms with van der Waals surface area (Å²) in [5, 5.41) is 0. The molecule has 1 fully saturated rings. The number of likely N-dealkylation sites (tertiary alicyclic amines) is 1. The Morgan fingerprint density at radius 2 is 1.83 bits per heavy atom. The molecule has 1 unspecified atom stereocenters. The number of nitrogens with two attached hydrogens (primary N) is 1. The summed E-state index contributed by atoms with van der Waals surface area (Å²) in [7, 11) is 0. The summed E-state index contributed by atoms with van der Waals surface area (Å²) < 4.78 is 0. The van der Waals surface area contributed by atoms with E-state index in [1.165, 1.54) is 30.5 Å². The van der Waals surface area contributed by atoms with Gasteiger partial charge in [-0.2, -0.15) is 0 Å². The lowest BCUT2D eigenvalue weighted by molar-refractivity contribution is 0.228. The van der Waals surface area contributed by atoms with Crippen molar-refractivity contribution in [3.8, 4) is 0 Å². The van der Waals surface area contributed by atoms with Gasteiger partial charge in [-0.05, 0) is 43.9 Å². The van der Waals surface area contributed by atoms with Crippen LogP contribution in [-0.2, 0) is 13.0 Å². The zero-order valence-electron chi connectivity index (χ0n) is 11.8. The third kappa shape index (κ3) is 3.82. The van der Waals surface area contributed by atoms with Crippen molar-refractivity contribution in [2.24, 2.45) is 5.73 Å². The Morgan fingerprint density at radius 1 is 1.17 bits per heavy atom. The molecule has 1 aromatic carbocycles. The van der Waals surface area contributed by atoms with E-state index in [2.05, 4.69) is 43.0 Å². The van der Waals surface area contributed by atoms with Crippen LogP contribution in [0.25, 0.3) is 0 Å². The molecule has 2 nitrogen and oxygen atoms in total. The highest BCUT2D eigenvalue weighted by Gasteiger charge is 2.24. The molecular formula is C16H26N2. The number of nitrogens with zero attached hydrogens (tertiary/aromatic N) is 1. The molecule has 1 aliphatic rings. The van der Waals surface area contributed by atoms with Gasteiger partial charge in [0, 0.05) is 18.6 Å². The summed E-state index contributed by atoms with van der Waals surface area (Å²) in [4.78, 5) is 2.51. The molecule has 0 aliphatic carbocycles. The molecule has 0 amide bonds. The van der Waals surface area contributed by atoms with Gasteiger partial charge in [0.15, 0.2) is 0 Å². The molecule has 1 atom stereocenters. The molecule has 2 heteroatoms. The molecule has 0 radical (unpaired) electrons. The predicted molar refractivity (Wildman–Crippen MR) is 77.5 cm³/mol. The molecule has 1 saturated heterocycles. The Labute approximate surface area is 111 Å². The third-order valence-corrected chi connectivity index (χ3v) is 3.89. The van der Waals surface area contributed by atoms with E-state index in [0.29, 0.717) is 0 Å². The second-order valence-electron chi connectivity index (χ2n) is 5.99. The van der Waals surface area contributed by atoms with Crippen LogP contribution in [0, 0.1) is 0 Å². The maximum absolute atomic E-state index is 6.33. The maximum Gasteiger partial charge on any atom is 0.0254 e. The van der Waals surface area contributed by atoms with Gasteiger partial charge in [0.25, 0.3) is 0 Å². The van der Waals surface area contributed by atoms with Gasteiger partial charge >= 0.3 is 0 Å². The van der Waals surface area contributed by atoms with Gasteiger partial charge in [-0.25, -0.2) is 0 Å². The molecule has 18 heavy (non-hydrogen) atoms. The summed E-state index contributed by atoms with van der Waals surface area (Å²) in [5.41, 5.74) is 9.13. The van der Waals surface area contributed by atoms with E-state index in [4.69, 9.17) is 5.73 Å². The highest BCUT2D eigenvalue weighted by atomic mass is 15.1. The summed E-state index contributed by atoms with van der Waals surface area (Å²) in [6, 6.07) is 9.01. The Balaban J connectivity index is 1.98. The minimum absolute atomic E-state index is 0.0140. The quantitative estimate of drug-likeness (QED) is 0.888. The minimum atomic E-state index is -0.0140. The van der Waals surface area contributed by atoms with Crippen molar-refractivity contribution in [3.05, 3.63) is 35.4 Å². The molecule has 2 N–H and O–H groups in total. The zero-order chi connectivity index (χ0) is 13.0. The van der Waals surface area contributed by atoms with Crippen molar-refractivity contribution >= 4 is 0 Å². The summed E-state index contributed by atoms with van der Waals surface area (Å²) in [5.74, 6) is 0. The molecule has 0 bridgehead atoms. The van der Waals surface area contributed by atoms with Crippen molar-refractivity contribution in [1.29, 1.82) is 0 Å². The second-order valence-corrected chi connectivity index (χ2v) is 5.99. The SMILES string of the molecule is CCc1ccc(CN2CCCCC(C)(N)C2)cc1. The fourth-order valence-corrected chi connectivity index (χ4v) is 2.81. The molecule has 1 aromatic rings. The monoisotopic (exact) mass is 246 g/mol. The van der Waals surface area contributed by atoms with Gasteiger partial charge in [0.1, 0.15) is 0 Å². The molecule has 0 saturated carbocycles. The molecule has 1 heterocycles. The third-order valence-electron chi connectivity index (χ3n) is 3.89. The van der Waals surface area contributed by atoms with Gasteiger partial charge in [0.05, 0.1) is 0 Å². The van der Waals surface area contributed by atoms with Crippen LogP contribution in [0.4, 0.5) is 0 Å². The van der Waals surface area contributed by atoms with Crippen molar-refractivity contribution in [3.63, 3.8) is 0 Å².